The van der Waals surface area contributed by atoms with Crippen LogP contribution in [0.3, 0.4) is 0 Å². The zero-order valence-corrected chi connectivity index (χ0v) is 11.9. The van der Waals surface area contributed by atoms with E-state index in [0.717, 1.165) is 31.6 Å². The molecule has 2 unspecified atom stereocenters. The molecule has 1 aliphatic heterocycles. The number of carbonyl (C=O) groups excluding carboxylic acids is 1. The first-order chi connectivity index (χ1) is 8.68. The summed E-state index contributed by atoms with van der Waals surface area (Å²) >= 11 is 1.59. The number of hydrogen-bond acceptors (Lipinski definition) is 4. The number of rotatable bonds is 4. The topological polar surface area (TPSA) is 45.2 Å². The normalized spacial score (nSPS) is 19.6. The van der Waals surface area contributed by atoms with Gasteiger partial charge in [0.25, 0.3) is 0 Å². The minimum Gasteiger partial charge on any atom is -0.341 e. The van der Waals surface area contributed by atoms with Gasteiger partial charge in [0.1, 0.15) is 0 Å². The summed E-state index contributed by atoms with van der Waals surface area (Å²) in [5.41, 5.74) is 2.84. The van der Waals surface area contributed by atoms with Crippen LogP contribution in [-0.4, -0.2) is 34.9 Å². The molecule has 4 nitrogen and oxygen atoms in total. The van der Waals surface area contributed by atoms with E-state index in [2.05, 4.69) is 17.2 Å². The van der Waals surface area contributed by atoms with Gasteiger partial charge in [-0.3, -0.25) is 10.1 Å². The third kappa shape index (κ3) is 3.29. The molecule has 1 aromatic heterocycles. The zero-order valence-electron chi connectivity index (χ0n) is 11.1. The summed E-state index contributed by atoms with van der Waals surface area (Å²) in [7, 11) is 0. The van der Waals surface area contributed by atoms with E-state index in [-0.39, 0.29) is 18.0 Å². The molecule has 100 valence electrons. The van der Waals surface area contributed by atoms with Gasteiger partial charge in [-0.05, 0) is 33.1 Å². The van der Waals surface area contributed by atoms with Crippen LogP contribution in [0.4, 0.5) is 0 Å². The summed E-state index contributed by atoms with van der Waals surface area (Å²) < 4.78 is 0. The second-order valence-electron chi connectivity index (χ2n) is 4.91. The molecule has 0 aromatic carbocycles. The van der Waals surface area contributed by atoms with Gasteiger partial charge in [0.05, 0.1) is 17.2 Å². The molecule has 1 aromatic rings. The number of nitrogens with zero attached hydrogens (tertiary/aromatic N) is 2. The summed E-state index contributed by atoms with van der Waals surface area (Å²) in [6.07, 6.45) is 3.53. The van der Waals surface area contributed by atoms with Crippen molar-refractivity contribution in [1.82, 2.24) is 15.2 Å². The lowest BCUT2D eigenvalue weighted by atomic mass is 10.1. The average Bonchev–Trinajstić information content (AvgIpc) is 2.92. The molecule has 2 atom stereocenters. The Bertz CT molecular complexity index is 374. The van der Waals surface area contributed by atoms with Crippen LogP contribution in [-0.2, 0) is 4.79 Å². The highest BCUT2D eigenvalue weighted by Gasteiger charge is 2.23. The summed E-state index contributed by atoms with van der Waals surface area (Å²) in [4.78, 5) is 18.5. The Balaban J connectivity index is 1.86. The van der Waals surface area contributed by atoms with Crippen LogP contribution < -0.4 is 5.32 Å². The fourth-order valence-corrected chi connectivity index (χ4v) is 3.00. The number of carbonyl (C=O) groups is 1. The molecule has 1 fully saturated rings. The maximum Gasteiger partial charge on any atom is 0.239 e. The van der Waals surface area contributed by atoms with Gasteiger partial charge in [-0.15, -0.1) is 11.3 Å². The first-order valence-corrected chi connectivity index (χ1v) is 7.55. The molecule has 1 aliphatic rings. The summed E-state index contributed by atoms with van der Waals surface area (Å²) in [6.45, 7) is 5.82. The Hall–Kier alpha value is -0.940. The number of hydrogen-bond donors (Lipinski definition) is 1. The second-order valence-corrected chi connectivity index (χ2v) is 5.63. The van der Waals surface area contributed by atoms with Crippen molar-refractivity contribution in [3.8, 4) is 0 Å². The quantitative estimate of drug-likeness (QED) is 0.909. The van der Waals surface area contributed by atoms with Crippen LogP contribution in [0.2, 0.25) is 0 Å². The molecule has 1 amide bonds. The number of piperidine rings is 1. The van der Waals surface area contributed by atoms with Crippen LogP contribution in [0, 0.1) is 0 Å². The van der Waals surface area contributed by atoms with Gasteiger partial charge in [-0.1, -0.05) is 0 Å². The lowest BCUT2D eigenvalue weighted by Gasteiger charge is -2.30. The van der Waals surface area contributed by atoms with Crippen molar-refractivity contribution in [3.63, 3.8) is 0 Å². The van der Waals surface area contributed by atoms with Crippen molar-refractivity contribution in [1.29, 1.82) is 0 Å². The molecule has 18 heavy (non-hydrogen) atoms. The Morgan fingerprint density at radius 3 is 2.72 bits per heavy atom. The predicted octanol–water partition coefficient (Wildman–Crippen LogP) is 2.19. The summed E-state index contributed by atoms with van der Waals surface area (Å²) in [5.74, 6) is 0.219. The number of likely N-dealkylation sites (tertiary alicyclic amines) is 1. The van der Waals surface area contributed by atoms with Crippen LogP contribution in [0.1, 0.15) is 44.8 Å². The Morgan fingerprint density at radius 1 is 1.39 bits per heavy atom. The highest BCUT2D eigenvalue weighted by molar-refractivity contribution is 7.07. The van der Waals surface area contributed by atoms with Crippen molar-refractivity contribution >= 4 is 17.2 Å². The lowest BCUT2D eigenvalue weighted by Crippen LogP contribution is -2.47. The van der Waals surface area contributed by atoms with E-state index in [1.54, 1.807) is 11.3 Å². The third-order valence-electron chi connectivity index (χ3n) is 3.43. The maximum atomic E-state index is 12.2. The van der Waals surface area contributed by atoms with Crippen molar-refractivity contribution in [2.45, 2.75) is 45.2 Å². The van der Waals surface area contributed by atoms with Gasteiger partial charge in [0.15, 0.2) is 0 Å². The molecule has 0 bridgehead atoms. The highest BCUT2D eigenvalue weighted by Crippen LogP contribution is 2.14. The average molecular weight is 267 g/mol. The SMILES string of the molecule is CC(NC(C)c1cscn1)C(=O)N1CCCCC1. The first-order valence-electron chi connectivity index (χ1n) is 6.61. The van der Waals surface area contributed by atoms with Crippen molar-refractivity contribution in [3.05, 3.63) is 16.6 Å². The Morgan fingerprint density at radius 2 is 2.11 bits per heavy atom. The fraction of sp³-hybridized carbons (Fsp3) is 0.692. The molecular formula is C13H21N3OS. The van der Waals surface area contributed by atoms with Crippen molar-refractivity contribution < 1.29 is 4.79 Å². The smallest absolute Gasteiger partial charge is 0.239 e. The predicted molar refractivity (Wildman–Crippen MR) is 73.6 cm³/mol. The molecule has 0 spiro atoms. The van der Waals surface area contributed by atoms with Gasteiger partial charge >= 0.3 is 0 Å². The summed E-state index contributed by atoms with van der Waals surface area (Å²) in [5, 5.41) is 5.36. The zero-order chi connectivity index (χ0) is 13.0. The molecule has 0 radical (unpaired) electrons. The van der Waals surface area contributed by atoms with Crippen molar-refractivity contribution in [2.75, 3.05) is 13.1 Å². The molecule has 5 heteroatoms. The highest BCUT2D eigenvalue weighted by atomic mass is 32.1. The number of thiazole rings is 1. The van der Waals surface area contributed by atoms with Gasteiger partial charge < -0.3 is 4.90 Å². The minimum absolute atomic E-state index is 0.125. The van der Waals surface area contributed by atoms with E-state index >= 15 is 0 Å². The summed E-state index contributed by atoms with van der Waals surface area (Å²) in [6, 6.07) is -0.0141. The lowest BCUT2D eigenvalue weighted by molar-refractivity contribution is -0.134. The van der Waals surface area contributed by atoms with Crippen molar-refractivity contribution in [2.24, 2.45) is 0 Å². The second kappa shape index (κ2) is 6.29. The largest absolute Gasteiger partial charge is 0.341 e. The third-order valence-corrected chi connectivity index (χ3v) is 4.04. The molecule has 1 saturated heterocycles. The molecule has 1 N–H and O–H groups in total. The van der Waals surface area contributed by atoms with Crippen LogP contribution in [0.5, 0.6) is 0 Å². The number of nitrogens with one attached hydrogen (secondary N) is 1. The molecule has 0 aliphatic carbocycles. The molecule has 0 saturated carbocycles. The number of amides is 1. The van der Waals surface area contributed by atoms with Gasteiger partial charge in [-0.2, -0.15) is 0 Å². The van der Waals surface area contributed by atoms with Gasteiger partial charge in [0.2, 0.25) is 5.91 Å². The Labute approximate surface area is 112 Å². The number of aromatic nitrogens is 1. The Kier molecular flexibility index (Phi) is 4.72. The van der Waals surface area contributed by atoms with E-state index < -0.39 is 0 Å². The minimum atomic E-state index is -0.139. The van der Waals surface area contributed by atoms with Gasteiger partial charge in [0, 0.05) is 24.5 Å². The monoisotopic (exact) mass is 267 g/mol. The molecule has 2 heterocycles. The van der Waals surface area contributed by atoms with E-state index in [1.807, 2.05) is 22.7 Å². The van der Waals surface area contributed by atoms with E-state index in [1.165, 1.54) is 6.42 Å². The molecular weight excluding hydrogens is 246 g/mol. The van der Waals surface area contributed by atoms with Crippen LogP contribution in [0.25, 0.3) is 0 Å². The first kappa shape index (κ1) is 13.5. The van der Waals surface area contributed by atoms with Crippen LogP contribution >= 0.6 is 11.3 Å². The van der Waals surface area contributed by atoms with Crippen LogP contribution in [0.15, 0.2) is 10.9 Å². The van der Waals surface area contributed by atoms with E-state index in [0.29, 0.717) is 0 Å². The maximum absolute atomic E-state index is 12.2. The van der Waals surface area contributed by atoms with E-state index in [9.17, 15) is 4.79 Å². The standard InChI is InChI=1S/C13H21N3OS/c1-10(12-8-18-9-14-12)15-11(2)13(17)16-6-4-3-5-7-16/h8-11,15H,3-7H2,1-2H3. The van der Waals surface area contributed by atoms with Gasteiger partial charge in [-0.25, -0.2) is 4.98 Å². The molecule has 2 rings (SSSR count). The fourth-order valence-electron chi connectivity index (χ4n) is 2.36. The van der Waals surface area contributed by atoms with E-state index in [4.69, 9.17) is 0 Å².